The van der Waals surface area contributed by atoms with Gasteiger partial charge in [0.15, 0.2) is 0 Å². The molecular formula is C16H26N2OS. The SMILES string of the molecule is Cc1oc(CN2CC(C)SC(C)C2)cc1CNC1CC1. The zero-order valence-corrected chi connectivity index (χ0v) is 13.6. The van der Waals surface area contributed by atoms with Crippen molar-refractivity contribution in [2.75, 3.05) is 13.1 Å². The van der Waals surface area contributed by atoms with Crippen molar-refractivity contribution in [3.05, 3.63) is 23.2 Å². The van der Waals surface area contributed by atoms with E-state index in [1.54, 1.807) is 0 Å². The molecule has 20 heavy (non-hydrogen) atoms. The van der Waals surface area contributed by atoms with E-state index in [1.807, 2.05) is 0 Å². The minimum absolute atomic E-state index is 0.728. The summed E-state index contributed by atoms with van der Waals surface area (Å²) in [5, 5.41) is 5.02. The summed E-state index contributed by atoms with van der Waals surface area (Å²) in [4.78, 5) is 2.53. The Labute approximate surface area is 126 Å². The Morgan fingerprint density at radius 2 is 2.00 bits per heavy atom. The van der Waals surface area contributed by atoms with Gasteiger partial charge >= 0.3 is 0 Å². The second-order valence-corrected chi connectivity index (χ2v) is 8.28. The van der Waals surface area contributed by atoms with Gasteiger partial charge in [0.25, 0.3) is 0 Å². The Hall–Kier alpha value is -0.450. The van der Waals surface area contributed by atoms with Gasteiger partial charge in [-0.15, -0.1) is 0 Å². The first-order valence-corrected chi connectivity index (χ1v) is 8.74. The third kappa shape index (κ3) is 3.80. The van der Waals surface area contributed by atoms with Crippen LogP contribution in [0.3, 0.4) is 0 Å². The van der Waals surface area contributed by atoms with E-state index in [0.717, 1.165) is 41.2 Å². The number of hydrogen-bond donors (Lipinski definition) is 1. The van der Waals surface area contributed by atoms with Crippen molar-refractivity contribution in [3.63, 3.8) is 0 Å². The van der Waals surface area contributed by atoms with Crippen molar-refractivity contribution in [1.29, 1.82) is 0 Å². The maximum atomic E-state index is 5.95. The highest BCUT2D eigenvalue weighted by Crippen LogP contribution is 2.27. The summed E-state index contributed by atoms with van der Waals surface area (Å²) in [6.07, 6.45) is 2.68. The molecule has 1 N–H and O–H groups in total. The zero-order chi connectivity index (χ0) is 14.1. The second-order valence-electron chi connectivity index (χ2n) is 6.40. The van der Waals surface area contributed by atoms with Crippen LogP contribution in [0.4, 0.5) is 0 Å². The van der Waals surface area contributed by atoms with Crippen LogP contribution in [0.2, 0.25) is 0 Å². The third-order valence-electron chi connectivity index (χ3n) is 4.10. The van der Waals surface area contributed by atoms with Gasteiger partial charge in [0.1, 0.15) is 11.5 Å². The van der Waals surface area contributed by atoms with Crippen LogP contribution in [-0.4, -0.2) is 34.5 Å². The normalized spacial score (nSPS) is 27.9. The first kappa shape index (κ1) is 14.5. The van der Waals surface area contributed by atoms with E-state index >= 15 is 0 Å². The zero-order valence-electron chi connectivity index (χ0n) is 12.8. The molecule has 2 heterocycles. The standard InChI is InChI=1S/C16H26N2OS/c1-11-8-18(9-12(2)20-11)10-16-6-14(13(3)19-16)7-17-15-4-5-15/h6,11-12,15,17H,4-5,7-10H2,1-3H3. The lowest BCUT2D eigenvalue weighted by Gasteiger charge is -2.33. The average molecular weight is 294 g/mol. The van der Waals surface area contributed by atoms with Gasteiger partial charge < -0.3 is 9.73 Å². The third-order valence-corrected chi connectivity index (χ3v) is 5.33. The van der Waals surface area contributed by atoms with Crippen molar-refractivity contribution in [3.8, 4) is 0 Å². The van der Waals surface area contributed by atoms with Gasteiger partial charge in [0.2, 0.25) is 0 Å². The lowest BCUT2D eigenvalue weighted by atomic mass is 10.2. The molecule has 2 atom stereocenters. The quantitative estimate of drug-likeness (QED) is 0.903. The molecule has 1 saturated carbocycles. The topological polar surface area (TPSA) is 28.4 Å². The summed E-state index contributed by atoms with van der Waals surface area (Å²) in [6, 6.07) is 3.01. The fourth-order valence-electron chi connectivity index (χ4n) is 3.02. The van der Waals surface area contributed by atoms with Gasteiger partial charge in [-0.2, -0.15) is 11.8 Å². The fourth-order valence-corrected chi connectivity index (χ4v) is 4.40. The van der Waals surface area contributed by atoms with Crippen molar-refractivity contribution >= 4 is 11.8 Å². The first-order valence-electron chi connectivity index (χ1n) is 7.79. The van der Waals surface area contributed by atoms with Gasteiger partial charge in [0, 0.05) is 41.7 Å². The van der Waals surface area contributed by atoms with Crippen LogP contribution < -0.4 is 5.32 Å². The molecule has 4 heteroatoms. The van der Waals surface area contributed by atoms with Crippen LogP contribution >= 0.6 is 11.8 Å². The van der Waals surface area contributed by atoms with Gasteiger partial charge in [-0.1, -0.05) is 13.8 Å². The molecule has 3 nitrogen and oxygen atoms in total. The summed E-state index contributed by atoms with van der Waals surface area (Å²) in [5.74, 6) is 2.21. The highest BCUT2D eigenvalue weighted by Gasteiger charge is 2.24. The van der Waals surface area contributed by atoms with Crippen molar-refractivity contribution in [1.82, 2.24) is 10.2 Å². The van der Waals surface area contributed by atoms with E-state index in [9.17, 15) is 0 Å². The van der Waals surface area contributed by atoms with E-state index in [0.29, 0.717) is 0 Å². The Morgan fingerprint density at radius 3 is 2.65 bits per heavy atom. The smallest absolute Gasteiger partial charge is 0.118 e. The van der Waals surface area contributed by atoms with E-state index in [-0.39, 0.29) is 0 Å². The predicted molar refractivity (Wildman–Crippen MR) is 85.1 cm³/mol. The number of rotatable bonds is 5. The molecule has 1 aliphatic heterocycles. The maximum absolute atomic E-state index is 5.95. The summed E-state index contributed by atoms with van der Waals surface area (Å²) >= 11 is 2.10. The fraction of sp³-hybridized carbons (Fsp3) is 0.750. The largest absolute Gasteiger partial charge is 0.465 e. The highest BCUT2D eigenvalue weighted by molar-refractivity contribution is 8.00. The maximum Gasteiger partial charge on any atom is 0.118 e. The first-order chi connectivity index (χ1) is 9.60. The lowest BCUT2D eigenvalue weighted by molar-refractivity contribution is 0.240. The van der Waals surface area contributed by atoms with Crippen LogP contribution in [0, 0.1) is 6.92 Å². The monoisotopic (exact) mass is 294 g/mol. The molecule has 2 fully saturated rings. The molecule has 0 spiro atoms. The van der Waals surface area contributed by atoms with E-state index in [1.165, 1.54) is 31.5 Å². The molecule has 0 amide bonds. The van der Waals surface area contributed by atoms with Crippen LogP contribution in [0.25, 0.3) is 0 Å². The number of nitrogens with one attached hydrogen (secondary N) is 1. The molecule has 1 saturated heterocycles. The molecule has 0 bridgehead atoms. The minimum atomic E-state index is 0.728. The molecule has 0 aromatic carbocycles. The molecule has 3 rings (SSSR count). The van der Waals surface area contributed by atoms with Crippen LogP contribution in [0.1, 0.15) is 43.8 Å². The molecular weight excluding hydrogens is 268 g/mol. The molecule has 2 aliphatic rings. The Balaban J connectivity index is 1.57. The van der Waals surface area contributed by atoms with E-state index in [4.69, 9.17) is 4.42 Å². The molecule has 2 unspecified atom stereocenters. The van der Waals surface area contributed by atoms with E-state index < -0.39 is 0 Å². The Bertz CT molecular complexity index is 445. The Kier molecular flexibility index (Phi) is 4.43. The van der Waals surface area contributed by atoms with Gasteiger partial charge in [-0.05, 0) is 25.8 Å². The number of aryl methyl sites for hydroxylation is 1. The minimum Gasteiger partial charge on any atom is -0.465 e. The molecule has 0 radical (unpaired) electrons. The average Bonchev–Trinajstić information content (AvgIpc) is 3.11. The molecule has 1 aromatic rings. The number of thioether (sulfide) groups is 1. The predicted octanol–water partition coefficient (Wildman–Crippen LogP) is 3.17. The molecule has 112 valence electrons. The number of nitrogens with zero attached hydrogens (tertiary/aromatic N) is 1. The highest BCUT2D eigenvalue weighted by atomic mass is 32.2. The van der Waals surface area contributed by atoms with E-state index in [2.05, 4.69) is 48.8 Å². The number of furan rings is 1. The summed E-state index contributed by atoms with van der Waals surface area (Å²) in [7, 11) is 0. The molecule has 1 aromatic heterocycles. The van der Waals surface area contributed by atoms with Crippen LogP contribution in [0.5, 0.6) is 0 Å². The van der Waals surface area contributed by atoms with Crippen LogP contribution in [-0.2, 0) is 13.1 Å². The van der Waals surface area contributed by atoms with Gasteiger partial charge in [0.05, 0.1) is 6.54 Å². The summed E-state index contributed by atoms with van der Waals surface area (Å²) < 4.78 is 5.95. The van der Waals surface area contributed by atoms with Crippen molar-refractivity contribution in [2.45, 2.75) is 63.2 Å². The van der Waals surface area contributed by atoms with Crippen LogP contribution in [0.15, 0.2) is 10.5 Å². The summed E-state index contributed by atoms with van der Waals surface area (Å²) in [5.41, 5.74) is 1.33. The number of hydrogen-bond acceptors (Lipinski definition) is 4. The van der Waals surface area contributed by atoms with Gasteiger partial charge in [-0.25, -0.2) is 0 Å². The lowest BCUT2D eigenvalue weighted by Crippen LogP contribution is -2.39. The summed E-state index contributed by atoms with van der Waals surface area (Å²) in [6.45, 7) is 11.0. The second kappa shape index (κ2) is 6.12. The Morgan fingerprint density at radius 1 is 1.30 bits per heavy atom. The van der Waals surface area contributed by atoms with Crippen molar-refractivity contribution < 1.29 is 4.42 Å². The van der Waals surface area contributed by atoms with Crippen molar-refractivity contribution in [2.24, 2.45) is 0 Å². The van der Waals surface area contributed by atoms with Gasteiger partial charge in [-0.3, -0.25) is 4.90 Å². The molecule has 1 aliphatic carbocycles.